The molecule has 1 rings (SSSR count). The minimum absolute atomic E-state index is 0.370. The van der Waals surface area contributed by atoms with E-state index in [0.29, 0.717) is 11.3 Å². The molecule has 1 aromatic carbocycles. The third kappa shape index (κ3) is 2.71. The molecule has 0 aliphatic heterocycles. The summed E-state index contributed by atoms with van der Waals surface area (Å²) in [6.07, 6.45) is 0. The molecule has 0 bridgehead atoms. The summed E-state index contributed by atoms with van der Waals surface area (Å²) in [5.41, 5.74) is 2.19. The molecule has 1 N–H and O–H groups in total. The molecule has 0 atom stereocenters. The van der Waals surface area contributed by atoms with Crippen LogP contribution in [0.3, 0.4) is 0 Å². The van der Waals surface area contributed by atoms with Crippen LogP contribution in [0, 0.1) is 25.2 Å². The summed E-state index contributed by atoms with van der Waals surface area (Å²) in [6, 6.07) is 5.41. The first-order valence-corrected chi connectivity index (χ1v) is 4.40. The van der Waals surface area contributed by atoms with Crippen molar-refractivity contribution in [3.05, 3.63) is 28.8 Å². The predicted octanol–water partition coefficient (Wildman–Crippen LogP) is 1.64. The van der Waals surface area contributed by atoms with E-state index in [1.807, 2.05) is 0 Å². The normalized spacial score (nSPS) is 9.40. The Bertz CT molecular complexity index is 409. The first-order chi connectivity index (χ1) is 7.04. The molecule has 0 heterocycles. The Kier molecular flexibility index (Phi) is 3.29. The van der Waals surface area contributed by atoms with Gasteiger partial charge in [-0.05, 0) is 37.1 Å². The third-order valence-electron chi connectivity index (χ3n) is 1.98. The number of carboxylic acid groups (broad SMARTS) is 1. The fraction of sp³-hybridized carbons (Fsp3) is 0.273. The van der Waals surface area contributed by atoms with Gasteiger partial charge in [0.15, 0.2) is 6.61 Å². The minimum Gasteiger partial charge on any atom is -0.482 e. The van der Waals surface area contributed by atoms with Crippen LogP contribution in [0.15, 0.2) is 12.1 Å². The Morgan fingerprint density at radius 3 is 2.40 bits per heavy atom. The van der Waals surface area contributed by atoms with Crippen LogP contribution >= 0.6 is 0 Å². The molecule has 0 aromatic heterocycles. The molecule has 4 nitrogen and oxygen atoms in total. The van der Waals surface area contributed by atoms with Crippen molar-refractivity contribution >= 4 is 5.97 Å². The van der Waals surface area contributed by atoms with Gasteiger partial charge in [0.25, 0.3) is 0 Å². The van der Waals surface area contributed by atoms with Gasteiger partial charge < -0.3 is 9.84 Å². The Morgan fingerprint density at radius 1 is 1.47 bits per heavy atom. The molecule has 0 saturated carbocycles. The number of benzene rings is 1. The molecule has 0 fully saturated rings. The molecule has 0 amide bonds. The van der Waals surface area contributed by atoms with Gasteiger partial charge in [0.2, 0.25) is 0 Å². The second-order valence-electron chi connectivity index (χ2n) is 3.23. The SMILES string of the molecule is Cc1cc(OCC(=O)O)cc(C)c1C#N. The summed E-state index contributed by atoms with van der Waals surface area (Å²) in [4.78, 5) is 10.3. The van der Waals surface area contributed by atoms with Gasteiger partial charge in [0.1, 0.15) is 5.75 Å². The van der Waals surface area contributed by atoms with Gasteiger partial charge in [0.05, 0.1) is 11.6 Å². The van der Waals surface area contributed by atoms with Crippen molar-refractivity contribution < 1.29 is 14.6 Å². The number of aliphatic carboxylic acids is 1. The number of ether oxygens (including phenoxy) is 1. The van der Waals surface area contributed by atoms with E-state index >= 15 is 0 Å². The van der Waals surface area contributed by atoms with E-state index in [0.717, 1.165) is 11.1 Å². The molecule has 1 aromatic rings. The lowest BCUT2D eigenvalue weighted by atomic mass is 10.0. The van der Waals surface area contributed by atoms with Gasteiger partial charge >= 0.3 is 5.97 Å². The van der Waals surface area contributed by atoms with Crippen molar-refractivity contribution in [3.63, 3.8) is 0 Å². The van der Waals surface area contributed by atoms with Gasteiger partial charge in [-0.15, -0.1) is 0 Å². The van der Waals surface area contributed by atoms with E-state index in [9.17, 15) is 4.79 Å². The summed E-state index contributed by atoms with van der Waals surface area (Å²) in [5.74, 6) is -0.541. The molecule has 78 valence electrons. The Labute approximate surface area is 87.7 Å². The van der Waals surface area contributed by atoms with Crippen LogP contribution in [-0.4, -0.2) is 17.7 Å². The van der Waals surface area contributed by atoms with Crippen molar-refractivity contribution in [2.75, 3.05) is 6.61 Å². The number of rotatable bonds is 3. The average Bonchev–Trinajstić information content (AvgIpc) is 2.14. The molecule has 0 unspecified atom stereocenters. The quantitative estimate of drug-likeness (QED) is 0.814. The van der Waals surface area contributed by atoms with Crippen LogP contribution in [-0.2, 0) is 4.79 Å². The van der Waals surface area contributed by atoms with Gasteiger partial charge in [0, 0.05) is 0 Å². The van der Waals surface area contributed by atoms with Crippen molar-refractivity contribution in [3.8, 4) is 11.8 Å². The van der Waals surface area contributed by atoms with E-state index in [-0.39, 0.29) is 6.61 Å². The fourth-order valence-corrected chi connectivity index (χ4v) is 1.33. The van der Waals surface area contributed by atoms with Crippen LogP contribution in [0.2, 0.25) is 0 Å². The zero-order chi connectivity index (χ0) is 11.4. The van der Waals surface area contributed by atoms with Crippen molar-refractivity contribution in [2.45, 2.75) is 13.8 Å². The number of hydrogen-bond donors (Lipinski definition) is 1. The van der Waals surface area contributed by atoms with Crippen molar-refractivity contribution in [2.24, 2.45) is 0 Å². The Balaban J connectivity index is 2.95. The Morgan fingerprint density at radius 2 is 2.00 bits per heavy atom. The van der Waals surface area contributed by atoms with Gasteiger partial charge in [-0.2, -0.15) is 5.26 Å². The molecular weight excluding hydrogens is 194 g/mol. The monoisotopic (exact) mass is 205 g/mol. The highest BCUT2D eigenvalue weighted by Crippen LogP contribution is 2.20. The topological polar surface area (TPSA) is 70.3 Å². The highest BCUT2D eigenvalue weighted by Gasteiger charge is 2.06. The molecule has 0 saturated heterocycles. The second kappa shape index (κ2) is 4.47. The standard InChI is InChI=1S/C11H11NO3/c1-7-3-9(15-6-11(13)14)4-8(2)10(7)5-12/h3-4H,6H2,1-2H3,(H,13,14). The molecule has 4 heteroatoms. The van der Waals surface area contributed by atoms with E-state index in [4.69, 9.17) is 15.1 Å². The molecule has 0 aliphatic carbocycles. The molecule has 15 heavy (non-hydrogen) atoms. The minimum atomic E-state index is -1.02. The van der Waals surface area contributed by atoms with E-state index in [1.54, 1.807) is 26.0 Å². The lowest BCUT2D eigenvalue weighted by molar-refractivity contribution is -0.139. The van der Waals surface area contributed by atoms with Gasteiger partial charge in [-0.1, -0.05) is 0 Å². The average molecular weight is 205 g/mol. The lowest BCUT2D eigenvalue weighted by Gasteiger charge is -2.07. The van der Waals surface area contributed by atoms with Crippen LogP contribution in [0.25, 0.3) is 0 Å². The van der Waals surface area contributed by atoms with E-state index in [2.05, 4.69) is 6.07 Å². The maximum absolute atomic E-state index is 10.3. The van der Waals surface area contributed by atoms with Crippen LogP contribution in [0.5, 0.6) is 5.75 Å². The number of carbonyl (C=O) groups is 1. The smallest absolute Gasteiger partial charge is 0.341 e. The van der Waals surface area contributed by atoms with Crippen LogP contribution in [0.4, 0.5) is 0 Å². The number of aryl methyl sites for hydroxylation is 2. The number of hydrogen-bond acceptors (Lipinski definition) is 3. The van der Waals surface area contributed by atoms with Crippen LogP contribution in [0.1, 0.15) is 16.7 Å². The first kappa shape index (κ1) is 11.1. The Hall–Kier alpha value is -2.02. The molecule has 0 aliphatic rings. The summed E-state index contributed by atoms with van der Waals surface area (Å²) < 4.78 is 5.02. The summed E-state index contributed by atoms with van der Waals surface area (Å²) in [5, 5.41) is 17.3. The highest BCUT2D eigenvalue weighted by molar-refractivity contribution is 5.68. The van der Waals surface area contributed by atoms with E-state index in [1.165, 1.54) is 0 Å². The number of carboxylic acids is 1. The third-order valence-corrected chi connectivity index (χ3v) is 1.98. The first-order valence-electron chi connectivity index (χ1n) is 4.40. The summed E-state index contributed by atoms with van der Waals surface area (Å²) in [7, 11) is 0. The van der Waals surface area contributed by atoms with Crippen molar-refractivity contribution in [1.29, 1.82) is 5.26 Å². The van der Waals surface area contributed by atoms with Crippen LogP contribution < -0.4 is 4.74 Å². The molecular formula is C11H11NO3. The highest BCUT2D eigenvalue weighted by atomic mass is 16.5. The zero-order valence-electron chi connectivity index (χ0n) is 8.57. The second-order valence-corrected chi connectivity index (χ2v) is 3.23. The predicted molar refractivity (Wildman–Crippen MR) is 53.8 cm³/mol. The molecule has 0 spiro atoms. The maximum Gasteiger partial charge on any atom is 0.341 e. The van der Waals surface area contributed by atoms with E-state index < -0.39 is 5.97 Å². The van der Waals surface area contributed by atoms with Gasteiger partial charge in [-0.3, -0.25) is 0 Å². The largest absolute Gasteiger partial charge is 0.482 e. The zero-order valence-corrected chi connectivity index (χ0v) is 8.57. The molecule has 0 radical (unpaired) electrons. The summed E-state index contributed by atoms with van der Waals surface area (Å²) in [6.45, 7) is 3.21. The fourth-order valence-electron chi connectivity index (χ4n) is 1.33. The number of nitrogens with zero attached hydrogens (tertiary/aromatic N) is 1. The maximum atomic E-state index is 10.3. The summed E-state index contributed by atoms with van der Waals surface area (Å²) >= 11 is 0. The van der Waals surface area contributed by atoms with Gasteiger partial charge in [-0.25, -0.2) is 4.79 Å². The lowest BCUT2D eigenvalue weighted by Crippen LogP contribution is -2.09. The number of nitriles is 1. The van der Waals surface area contributed by atoms with Crippen molar-refractivity contribution in [1.82, 2.24) is 0 Å².